The molecule has 0 spiro atoms. The highest BCUT2D eigenvalue weighted by Gasteiger charge is 2.18. The van der Waals surface area contributed by atoms with Crippen molar-refractivity contribution in [1.82, 2.24) is 0 Å². The van der Waals surface area contributed by atoms with E-state index in [4.69, 9.17) is 0 Å². The summed E-state index contributed by atoms with van der Waals surface area (Å²) in [5.74, 6) is 2.09. The molecule has 2 unspecified atom stereocenters. The van der Waals surface area contributed by atoms with Crippen LogP contribution in [0.1, 0.15) is 43.7 Å². The maximum Gasteiger partial charge on any atom is 0.123 e. The van der Waals surface area contributed by atoms with Crippen molar-refractivity contribution in [3.63, 3.8) is 0 Å². The van der Waals surface area contributed by atoms with Crippen molar-refractivity contribution >= 4 is 5.69 Å². The summed E-state index contributed by atoms with van der Waals surface area (Å²) in [7, 11) is 0. The van der Waals surface area contributed by atoms with Crippen molar-refractivity contribution in [1.29, 1.82) is 0 Å². The van der Waals surface area contributed by atoms with E-state index in [1.807, 2.05) is 19.9 Å². The van der Waals surface area contributed by atoms with E-state index >= 15 is 0 Å². The third-order valence-electron chi connectivity index (χ3n) is 4.26. The third-order valence-corrected chi connectivity index (χ3v) is 4.26. The first kappa shape index (κ1) is 13.3. The SMILES string of the molecule is Cc1ccc(NCC2CCCC(C)C2)c(C)c1O. The average Bonchev–Trinajstić information content (AvgIpc) is 2.35. The lowest BCUT2D eigenvalue weighted by molar-refractivity contribution is 0.293. The van der Waals surface area contributed by atoms with Gasteiger partial charge in [-0.25, -0.2) is 0 Å². The van der Waals surface area contributed by atoms with Crippen LogP contribution in [0.15, 0.2) is 12.1 Å². The lowest BCUT2D eigenvalue weighted by atomic mass is 9.82. The Morgan fingerprint density at radius 2 is 2.06 bits per heavy atom. The fourth-order valence-corrected chi connectivity index (χ4v) is 3.03. The number of aromatic hydroxyl groups is 1. The number of anilines is 1. The average molecular weight is 247 g/mol. The highest BCUT2D eigenvalue weighted by Crippen LogP contribution is 2.31. The Hall–Kier alpha value is -1.18. The predicted molar refractivity (Wildman–Crippen MR) is 77.2 cm³/mol. The Morgan fingerprint density at radius 3 is 2.78 bits per heavy atom. The number of rotatable bonds is 3. The molecular formula is C16H25NO. The first-order valence-corrected chi connectivity index (χ1v) is 7.11. The van der Waals surface area contributed by atoms with Crippen LogP contribution in [0.4, 0.5) is 5.69 Å². The zero-order valence-corrected chi connectivity index (χ0v) is 11.8. The normalized spacial score (nSPS) is 23.9. The molecule has 1 aromatic carbocycles. The van der Waals surface area contributed by atoms with E-state index in [9.17, 15) is 5.11 Å². The van der Waals surface area contributed by atoms with Crippen LogP contribution >= 0.6 is 0 Å². The topological polar surface area (TPSA) is 32.3 Å². The highest BCUT2D eigenvalue weighted by molar-refractivity contribution is 5.59. The molecule has 100 valence electrons. The summed E-state index contributed by atoms with van der Waals surface area (Å²) in [6, 6.07) is 4.06. The van der Waals surface area contributed by atoms with Crippen LogP contribution in [0.25, 0.3) is 0 Å². The molecule has 2 N–H and O–H groups in total. The lowest BCUT2D eigenvalue weighted by Gasteiger charge is -2.27. The molecule has 0 amide bonds. The molecule has 1 fully saturated rings. The van der Waals surface area contributed by atoms with Gasteiger partial charge in [-0.05, 0) is 50.2 Å². The minimum Gasteiger partial charge on any atom is -0.507 e. The number of nitrogens with one attached hydrogen (secondary N) is 1. The molecule has 0 saturated heterocycles. The third kappa shape index (κ3) is 2.98. The van der Waals surface area contributed by atoms with Crippen LogP contribution in [-0.2, 0) is 0 Å². The summed E-state index contributed by atoms with van der Waals surface area (Å²) < 4.78 is 0. The lowest BCUT2D eigenvalue weighted by Crippen LogP contribution is -2.21. The molecule has 0 heterocycles. The Labute approximate surface area is 110 Å². The molecule has 2 nitrogen and oxygen atoms in total. The first-order valence-electron chi connectivity index (χ1n) is 7.11. The molecule has 0 aliphatic heterocycles. The monoisotopic (exact) mass is 247 g/mol. The molecule has 0 aromatic heterocycles. The van der Waals surface area contributed by atoms with Gasteiger partial charge in [0.25, 0.3) is 0 Å². The van der Waals surface area contributed by atoms with Crippen molar-refractivity contribution < 1.29 is 5.11 Å². The van der Waals surface area contributed by atoms with Gasteiger partial charge in [-0.2, -0.15) is 0 Å². The quantitative estimate of drug-likeness (QED) is 0.837. The number of aryl methyl sites for hydroxylation is 1. The van der Waals surface area contributed by atoms with Crippen molar-refractivity contribution in [3.8, 4) is 5.75 Å². The molecule has 2 heteroatoms. The minimum atomic E-state index is 0.428. The summed E-state index contributed by atoms with van der Waals surface area (Å²) >= 11 is 0. The van der Waals surface area contributed by atoms with Gasteiger partial charge in [-0.3, -0.25) is 0 Å². The zero-order valence-electron chi connectivity index (χ0n) is 11.8. The standard InChI is InChI=1S/C16H25NO/c1-11-5-4-6-14(9-11)10-17-15-8-7-12(2)16(18)13(15)3/h7-8,11,14,17-18H,4-6,9-10H2,1-3H3. The van der Waals surface area contributed by atoms with Gasteiger partial charge in [0.05, 0.1) is 0 Å². The maximum absolute atomic E-state index is 9.93. The zero-order chi connectivity index (χ0) is 13.1. The van der Waals surface area contributed by atoms with E-state index < -0.39 is 0 Å². The number of hydrogen-bond acceptors (Lipinski definition) is 2. The maximum atomic E-state index is 9.93. The molecule has 0 radical (unpaired) electrons. The van der Waals surface area contributed by atoms with E-state index in [1.54, 1.807) is 0 Å². The van der Waals surface area contributed by atoms with E-state index in [2.05, 4.69) is 18.3 Å². The number of hydrogen-bond donors (Lipinski definition) is 2. The summed E-state index contributed by atoms with van der Waals surface area (Å²) in [6.07, 6.45) is 5.44. The van der Waals surface area contributed by atoms with Gasteiger partial charge in [-0.15, -0.1) is 0 Å². The number of benzene rings is 1. The molecular weight excluding hydrogens is 222 g/mol. The minimum absolute atomic E-state index is 0.428. The van der Waals surface area contributed by atoms with Gasteiger partial charge in [0.15, 0.2) is 0 Å². The van der Waals surface area contributed by atoms with Crippen LogP contribution in [0.3, 0.4) is 0 Å². The van der Waals surface area contributed by atoms with Gasteiger partial charge in [0.1, 0.15) is 5.75 Å². The molecule has 1 aliphatic rings. The second kappa shape index (κ2) is 5.64. The summed E-state index contributed by atoms with van der Waals surface area (Å²) in [6.45, 7) is 7.31. The predicted octanol–water partition coefficient (Wildman–Crippen LogP) is 4.25. The van der Waals surface area contributed by atoms with E-state index in [1.165, 1.54) is 25.7 Å². The van der Waals surface area contributed by atoms with Gasteiger partial charge >= 0.3 is 0 Å². The Morgan fingerprint density at radius 1 is 1.28 bits per heavy atom. The Bertz CT molecular complexity index is 414. The smallest absolute Gasteiger partial charge is 0.123 e. The Kier molecular flexibility index (Phi) is 4.15. The van der Waals surface area contributed by atoms with Crippen LogP contribution in [0, 0.1) is 25.7 Å². The number of phenols is 1. The summed E-state index contributed by atoms with van der Waals surface area (Å²) in [5, 5.41) is 13.4. The van der Waals surface area contributed by atoms with Crippen LogP contribution in [0.5, 0.6) is 5.75 Å². The van der Waals surface area contributed by atoms with Crippen LogP contribution in [0.2, 0.25) is 0 Å². The van der Waals surface area contributed by atoms with Gasteiger partial charge in [-0.1, -0.05) is 25.8 Å². The van der Waals surface area contributed by atoms with Crippen molar-refractivity contribution in [3.05, 3.63) is 23.3 Å². The van der Waals surface area contributed by atoms with Gasteiger partial charge in [0.2, 0.25) is 0 Å². The van der Waals surface area contributed by atoms with Crippen molar-refractivity contribution in [2.24, 2.45) is 11.8 Å². The van der Waals surface area contributed by atoms with Gasteiger partial charge < -0.3 is 10.4 Å². The summed E-state index contributed by atoms with van der Waals surface area (Å²) in [4.78, 5) is 0. The van der Waals surface area contributed by atoms with Crippen molar-refractivity contribution in [2.75, 3.05) is 11.9 Å². The second-order valence-corrected chi connectivity index (χ2v) is 5.92. The van der Waals surface area contributed by atoms with Crippen LogP contribution in [-0.4, -0.2) is 11.7 Å². The van der Waals surface area contributed by atoms with E-state index in [0.717, 1.165) is 35.2 Å². The number of phenolic OH excluding ortho intramolecular Hbond substituents is 1. The van der Waals surface area contributed by atoms with Crippen LogP contribution < -0.4 is 5.32 Å². The largest absolute Gasteiger partial charge is 0.507 e. The van der Waals surface area contributed by atoms with E-state index in [-0.39, 0.29) is 0 Å². The first-order chi connectivity index (χ1) is 8.58. The molecule has 0 bridgehead atoms. The molecule has 1 saturated carbocycles. The molecule has 2 atom stereocenters. The molecule has 1 aromatic rings. The fraction of sp³-hybridized carbons (Fsp3) is 0.625. The van der Waals surface area contributed by atoms with Crippen molar-refractivity contribution in [2.45, 2.75) is 46.5 Å². The fourth-order valence-electron chi connectivity index (χ4n) is 3.03. The molecule has 18 heavy (non-hydrogen) atoms. The molecule has 1 aliphatic carbocycles. The second-order valence-electron chi connectivity index (χ2n) is 5.92. The molecule has 2 rings (SSSR count). The summed E-state index contributed by atoms with van der Waals surface area (Å²) in [5.41, 5.74) is 3.00. The van der Waals surface area contributed by atoms with E-state index in [0.29, 0.717) is 5.75 Å². The Balaban J connectivity index is 1.96. The van der Waals surface area contributed by atoms with Gasteiger partial charge in [0, 0.05) is 17.8 Å². The highest BCUT2D eigenvalue weighted by atomic mass is 16.3.